The third kappa shape index (κ3) is 14.4. The van der Waals surface area contributed by atoms with Crippen LogP contribution in [0.25, 0.3) is 17.2 Å². The number of benzene rings is 2. The average Bonchev–Trinajstić information content (AvgIpc) is 3.28. The van der Waals surface area contributed by atoms with E-state index in [2.05, 4.69) is 64.4 Å². The molecule has 2 aromatic rings. The number of carbonyl (C=O) groups excluding carboxylic acids is 1. The van der Waals surface area contributed by atoms with Crippen LogP contribution in [0, 0.1) is 11.7 Å². The molecule has 228 valence electrons. The van der Waals surface area contributed by atoms with Gasteiger partial charge in [-0.25, -0.2) is 9.40 Å². The first-order valence-electron chi connectivity index (χ1n) is 14.5. The summed E-state index contributed by atoms with van der Waals surface area (Å²) in [5.41, 5.74) is 3.93. The number of nitrogens with one attached hydrogen (secondary N) is 1. The molecular formula is C34H52FN3OS2. The highest BCUT2D eigenvalue weighted by atomic mass is 32.2. The van der Waals surface area contributed by atoms with E-state index in [9.17, 15) is 9.18 Å². The first-order chi connectivity index (χ1) is 19.6. The molecule has 0 spiro atoms. The Hall–Kier alpha value is -2.32. The Labute approximate surface area is 259 Å². The van der Waals surface area contributed by atoms with Crippen LogP contribution in [0.1, 0.15) is 77.2 Å². The number of nitrogens with zero attached hydrogens (tertiary/aromatic N) is 1. The Morgan fingerprint density at radius 1 is 1.22 bits per heavy atom. The fourth-order valence-electron chi connectivity index (χ4n) is 3.81. The van der Waals surface area contributed by atoms with Crippen molar-refractivity contribution in [1.82, 2.24) is 10.3 Å². The lowest BCUT2D eigenvalue weighted by Crippen LogP contribution is -2.34. The SMILES string of the molecule is C=CC.CC.CCC.CSC/C=C(/NC(=O)c1ccc(/C=C/C2CC(S)CN2N)cc1-c1ccc(F)cc1)C(C)C. The second-order valence-electron chi connectivity index (χ2n) is 9.66. The molecule has 3 N–H and O–H groups in total. The summed E-state index contributed by atoms with van der Waals surface area (Å²) in [5, 5.41) is 5.14. The van der Waals surface area contributed by atoms with Gasteiger partial charge in [-0.1, -0.05) is 90.5 Å². The predicted molar refractivity (Wildman–Crippen MR) is 185 cm³/mol. The summed E-state index contributed by atoms with van der Waals surface area (Å²) in [6.45, 7) is 18.4. The first kappa shape index (κ1) is 38.7. The van der Waals surface area contributed by atoms with Gasteiger partial charge in [0.2, 0.25) is 0 Å². The van der Waals surface area contributed by atoms with Crippen molar-refractivity contribution in [2.24, 2.45) is 11.8 Å². The van der Waals surface area contributed by atoms with Crippen LogP contribution in [-0.2, 0) is 0 Å². The molecule has 1 fully saturated rings. The molecule has 2 atom stereocenters. The maximum absolute atomic E-state index is 13.6. The molecule has 3 rings (SSSR count). The zero-order chi connectivity index (χ0) is 31.4. The lowest BCUT2D eigenvalue weighted by molar-refractivity contribution is 0.0963. The zero-order valence-corrected chi connectivity index (χ0v) is 28.0. The van der Waals surface area contributed by atoms with Crippen LogP contribution in [0.4, 0.5) is 4.39 Å². The summed E-state index contributed by atoms with van der Waals surface area (Å²) in [4.78, 5) is 13.3. The number of halogens is 1. The van der Waals surface area contributed by atoms with Crippen molar-refractivity contribution in [2.45, 2.75) is 72.6 Å². The fraction of sp³-hybridized carbons (Fsp3) is 0.441. The molecule has 0 saturated carbocycles. The summed E-state index contributed by atoms with van der Waals surface area (Å²) in [7, 11) is 0. The van der Waals surface area contributed by atoms with Gasteiger partial charge in [0, 0.05) is 34.8 Å². The number of carbonyl (C=O) groups is 1. The monoisotopic (exact) mass is 601 g/mol. The van der Waals surface area contributed by atoms with Gasteiger partial charge in [0.25, 0.3) is 5.91 Å². The molecule has 1 aliphatic heterocycles. The molecule has 7 heteroatoms. The Bertz CT molecular complexity index is 1080. The van der Waals surface area contributed by atoms with E-state index in [4.69, 9.17) is 5.84 Å². The van der Waals surface area contributed by atoms with Crippen LogP contribution in [0.5, 0.6) is 0 Å². The molecular weight excluding hydrogens is 550 g/mol. The summed E-state index contributed by atoms with van der Waals surface area (Å²) in [6, 6.07) is 12.1. The Balaban J connectivity index is 0.00000180. The number of thioether (sulfide) groups is 1. The minimum atomic E-state index is -0.312. The van der Waals surface area contributed by atoms with Crippen molar-refractivity contribution in [3.63, 3.8) is 0 Å². The number of hydrazine groups is 1. The van der Waals surface area contributed by atoms with Crippen molar-refractivity contribution in [3.05, 3.63) is 89.9 Å². The highest BCUT2D eigenvalue weighted by molar-refractivity contribution is 7.98. The van der Waals surface area contributed by atoms with Crippen LogP contribution < -0.4 is 11.2 Å². The van der Waals surface area contributed by atoms with Gasteiger partial charge in [-0.05, 0) is 66.5 Å². The van der Waals surface area contributed by atoms with E-state index in [1.165, 1.54) is 18.6 Å². The van der Waals surface area contributed by atoms with Crippen LogP contribution in [0.3, 0.4) is 0 Å². The third-order valence-corrected chi connectivity index (χ3v) is 6.54. The van der Waals surface area contributed by atoms with E-state index >= 15 is 0 Å². The normalized spacial score (nSPS) is 16.6. The largest absolute Gasteiger partial charge is 0.326 e. The van der Waals surface area contributed by atoms with Crippen LogP contribution in [0.15, 0.2) is 73.0 Å². The third-order valence-electron chi connectivity index (χ3n) is 5.67. The number of hydrogen-bond donors (Lipinski definition) is 3. The standard InChI is InChI=1S/C26H32FN3OS2.C3H8.C3H6.C2H6/c1-17(2)25(12-13-33-3)29-26(31)23-11-5-18(4-10-21-15-22(32)16-30(21)28)14-24(23)19-6-8-20(27)9-7-19;2*1-3-2;1-2/h4-12,14,17,21-22,32H,13,15-16,28H2,1-3H3,(H,29,31);3H2,1-2H3;3H,1H2,2H3;1-2H3/b10-4+,25-12+;;;. The Morgan fingerprint density at radius 3 is 2.29 bits per heavy atom. The molecule has 1 aliphatic rings. The molecule has 0 bridgehead atoms. The highest BCUT2D eigenvalue weighted by Crippen LogP contribution is 2.28. The van der Waals surface area contributed by atoms with Gasteiger partial charge in [-0.2, -0.15) is 24.4 Å². The molecule has 0 radical (unpaired) electrons. The molecule has 0 aliphatic carbocycles. The summed E-state index contributed by atoms with van der Waals surface area (Å²) in [6.07, 6.45) is 12.1. The quantitative estimate of drug-likeness (QED) is 0.161. The van der Waals surface area contributed by atoms with Gasteiger partial charge < -0.3 is 5.32 Å². The zero-order valence-electron chi connectivity index (χ0n) is 26.3. The topological polar surface area (TPSA) is 58.4 Å². The van der Waals surface area contributed by atoms with Crippen molar-refractivity contribution < 1.29 is 9.18 Å². The number of thiol groups is 1. The molecule has 1 saturated heterocycles. The maximum atomic E-state index is 13.6. The number of hydrogen-bond acceptors (Lipinski definition) is 5. The first-order valence-corrected chi connectivity index (χ1v) is 16.4. The minimum absolute atomic E-state index is 0.125. The van der Waals surface area contributed by atoms with E-state index < -0.39 is 0 Å². The maximum Gasteiger partial charge on any atom is 0.256 e. The lowest BCUT2D eigenvalue weighted by atomic mass is 9.96. The van der Waals surface area contributed by atoms with Gasteiger partial charge >= 0.3 is 0 Å². The Kier molecular flexibility index (Phi) is 21.0. The van der Waals surface area contributed by atoms with Crippen molar-refractivity contribution in [1.29, 1.82) is 0 Å². The van der Waals surface area contributed by atoms with E-state index in [-0.39, 0.29) is 28.9 Å². The van der Waals surface area contributed by atoms with Gasteiger partial charge in [0.05, 0.1) is 0 Å². The van der Waals surface area contributed by atoms with E-state index in [0.29, 0.717) is 5.56 Å². The summed E-state index contributed by atoms with van der Waals surface area (Å²) < 4.78 is 13.6. The van der Waals surface area contributed by atoms with Crippen LogP contribution >= 0.6 is 24.4 Å². The summed E-state index contributed by atoms with van der Waals surface area (Å²) in [5.74, 6) is 6.61. The molecule has 41 heavy (non-hydrogen) atoms. The number of allylic oxidation sites excluding steroid dienone is 2. The van der Waals surface area contributed by atoms with Gasteiger partial charge in [-0.3, -0.25) is 10.6 Å². The highest BCUT2D eigenvalue weighted by Gasteiger charge is 2.25. The fourth-order valence-corrected chi connectivity index (χ4v) is 4.56. The van der Waals surface area contributed by atoms with Crippen molar-refractivity contribution in [2.75, 3.05) is 18.6 Å². The van der Waals surface area contributed by atoms with Crippen molar-refractivity contribution >= 4 is 36.4 Å². The lowest BCUT2D eigenvalue weighted by Gasteiger charge is -2.17. The summed E-state index contributed by atoms with van der Waals surface area (Å²) >= 11 is 6.23. The van der Waals surface area contributed by atoms with Gasteiger partial charge in [0.15, 0.2) is 0 Å². The predicted octanol–water partition coefficient (Wildman–Crippen LogP) is 9.02. The van der Waals surface area contributed by atoms with Gasteiger partial charge in [-0.15, -0.1) is 6.58 Å². The number of rotatable bonds is 8. The van der Waals surface area contributed by atoms with Crippen LogP contribution in [-0.4, -0.2) is 40.8 Å². The van der Waals surface area contributed by atoms with Gasteiger partial charge in [0.1, 0.15) is 5.82 Å². The molecule has 2 unspecified atom stereocenters. The molecule has 1 heterocycles. The number of nitrogens with two attached hydrogens (primary N) is 1. The smallest absolute Gasteiger partial charge is 0.256 e. The van der Waals surface area contributed by atoms with E-state index in [0.717, 1.165) is 41.1 Å². The van der Waals surface area contributed by atoms with Crippen LogP contribution in [0.2, 0.25) is 0 Å². The van der Waals surface area contributed by atoms with E-state index in [1.807, 2.05) is 51.3 Å². The number of amides is 1. The second-order valence-corrected chi connectivity index (χ2v) is 11.3. The van der Waals surface area contributed by atoms with E-state index in [1.54, 1.807) is 35.0 Å². The van der Waals surface area contributed by atoms with Crippen molar-refractivity contribution in [3.8, 4) is 11.1 Å². The molecule has 1 amide bonds. The molecule has 2 aromatic carbocycles. The average molecular weight is 602 g/mol. The second kappa shape index (κ2) is 22.3. The Morgan fingerprint density at radius 2 is 1.80 bits per heavy atom. The molecule has 0 aromatic heterocycles. The molecule has 4 nitrogen and oxygen atoms in total. The minimum Gasteiger partial charge on any atom is -0.326 e.